The van der Waals surface area contributed by atoms with Gasteiger partial charge in [0.05, 0.1) is 15.9 Å². The van der Waals surface area contributed by atoms with Crippen LogP contribution in [-0.2, 0) is 16.9 Å². The van der Waals surface area contributed by atoms with E-state index in [0.29, 0.717) is 29.5 Å². The molecule has 2 aliphatic heterocycles. The lowest BCUT2D eigenvalue weighted by Gasteiger charge is -2.43. The molecule has 0 aliphatic carbocycles. The van der Waals surface area contributed by atoms with E-state index in [1.165, 1.54) is 19.1 Å². The molecule has 194 valence electrons. The molecule has 3 atom stereocenters. The number of likely N-dealkylation sites (tertiary alicyclic amines) is 1. The second kappa shape index (κ2) is 9.88. The lowest BCUT2D eigenvalue weighted by molar-refractivity contribution is 0.0979. The number of rotatable bonds is 5. The summed E-state index contributed by atoms with van der Waals surface area (Å²) in [5, 5.41) is 3.71. The fourth-order valence-electron chi connectivity index (χ4n) is 6.18. The van der Waals surface area contributed by atoms with Gasteiger partial charge in [-0.15, -0.1) is 0 Å². The predicted octanol–water partition coefficient (Wildman–Crippen LogP) is 4.88. The molecule has 2 saturated heterocycles. The van der Waals surface area contributed by atoms with E-state index in [1.807, 2.05) is 17.7 Å². The van der Waals surface area contributed by atoms with E-state index in [-0.39, 0.29) is 16.6 Å². The van der Waals surface area contributed by atoms with Gasteiger partial charge in [-0.3, -0.25) is 0 Å². The van der Waals surface area contributed by atoms with Gasteiger partial charge in [0.2, 0.25) is 0 Å². The highest BCUT2D eigenvalue weighted by Gasteiger charge is 2.32. The van der Waals surface area contributed by atoms with Crippen molar-refractivity contribution in [1.82, 2.24) is 19.8 Å². The number of aryl methyl sites for hydroxylation is 1. The first-order valence-electron chi connectivity index (χ1n) is 13.1. The Labute approximate surface area is 213 Å². The molecule has 1 aromatic heterocycles. The maximum Gasteiger partial charge on any atom is 0.175 e. The standard InChI is InChI=1S/C28H37FN4O2S/c1-5-21-15-22(14-18(2)30-21)33-12-10-19(11-13-33)24-16-27-26(17-25(24)29)31-28(32(27)3)20-6-8-23(9-7-20)36(4,34)35/h6-9,16-19,21-22,30H,5,10-15H2,1-4H3. The second-order valence-corrected chi connectivity index (χ2v) is 12.8. The van der Waals surface area contributed by atoms with Crippen molar-refractivity contribution in [2.45, 2.75) is 74.9 Å². The minimum absolute atomic E-state index is 0.181. The summed E-state index contributed by atoms with van der Waals surface area (Å²) in [6, 6.07) is 12.0. The highest BCUT2D eigenvalue weighted by molar-refractivity contribution is 7.90. The molecule has 0 bridgehead atoms. The summed E-state index contributed by atoms with van der Waals surface area (Å²) in [5.74, 6) is 0.723. The number of sulfone groups is 1. The third-order valence-electron chi connectivity index (χ3n) is 8.22. The fourth-order valence-corrected chi connectivity index (χ4v) is 6.81. The van der Waals surface area contributed by atoms with Crippen molar-refractivity contribution in [3.8, 4) is 11.4 Å². The van der Waals surface area contributed by atoms with Crippen LogP contribution in [-0.4, -0.2) is 60.3 Å². The number of piperidine rings is 2. The van der Waals surface area contributed by atoms with E-state index in [9.17, 15) is 8.42 Å². The highest BCUT2D eigenvalue weighted by Crippen LogP contribution is 2.35. The average Bonchev–Trinajstić information content (AvgIpc) is 3.17. The van der Waals surface area contributed by atoms with Gasteiger partial charge in [0, 0.05) is 43.1 Å². The first-order chi connectivity index (χ1) is 17.1. The molecule has 3 aromatic rings. The second-order valence-electron chi connectivity index (χ2n) is 10.8. The molecule has 3 unspecified atom stereocenters. The molecule has 0 radical (unpaired) electrons. The van der Waals surface area contributed by atoms with Crippen molar-refractivity contribution < 1.29 is 12.8 Å². The number of benzene rings is 2. The lowest BCUT2D eigenvalue weighted by Crippen LogP contribution is -2.53. The molecule has 2 aromatic carbocycles. The topological polar surface area (TPSA) is 67.2 Å². The monoisotopic (exact) mass is 512 g/mol. The summed E-state index contributed by atoms with van der Waals surface area (Å²) in [7, 11) is -1.33. The van der Waals surface area contributed by atoms with Crippen LogP contribution in [0.1, 0.15) is 57.4 Å². The van der Waals surface area contributed by atoms with Crippen LogP contribution in [0.2, 0.25) is 0 Å². The van der Waals surface area contributed by atoms with Gasteiger partial charge in [0.15, 0.2) is 9.84 Å². The molecular formula is C28H37FN4O2S. The van der Waals surface area contributed by atoms with Gasteiger partial charge in [-0.25, -0.2) is 17.8 Å². The van der Waals surface area contributed by atoms with E-state index in [1.54, 1.807) is 30.3 Å². The zero-order valence-corrected chi connectivity index (χ0v) is 22.5. The van der Waals surface area contributed by atoms with Crippen molar-refractivity contribution in [1.29, 1.82) is 0 Å². The first kappa shape index (κ1) is 25.4. The third kappa shape index (κ3) is 4.95. The molecule has 1 N–H and O–H groups in total. The molecule has 3 heterocycles. The molecule has 2 aliphatic rings. The molecule has 36 heavy (non-hydrogen) atoms. The van der Waals surface area contributed by atoms with Crippen molar-refractivity contribution in [3.05, 3.63) is 47.8 Å². The largest absolute Gasteiger partial charge is 0.327 e. The Balaban J connectivity index is 1.35. The molecule has 2 fully saturated rings. The molecule has 5 rings (SSSR count). The Hall–Kier alpha value is -2.29. The number of imidazole rings is 1. The zero-order chi connectivity index (χ0) is 25.6. The summed E-state index contributed by atoms with van der Waals surface area (Å²) in [4.78, 5) is 7.58. The van der Waals surface area contributed by atoms with Gasteiger partial charge in [-0.05, 0) is 93.9 Å². The van der Waals surface area contributed by atoms with Gasteiger partial charge in [-0.2, -0.15) is 0 Å². The summed E-state index contributed by atoms with van der Waals surface area (Å²) in [6.07, 6.45) is 6.68. The van der Waals surface area contributed by atoms with Crippen LogP contribution in [0.3, 0.4) is 0 Å². The zero-order valence-electron chi connectivity index (χ0n) is 21.7. The lowest BCUT2D eigenvalue weighted by atomic mass is 9.85. The molecule has 0 amide bonds. The number of hydrogen-bond acceptors (Lipinski definition) is 5. The molecular weight excluding hydrogens is 475 g/mol. The summed E-state index contributed by atoms with van der Waals surface area (Å²) < 4.78 is 40.9. The maximum absolute atomic E-state index is 15.3. The Bertz CT molecular complexity index is 1340. The Morgan fingerprint density at radius 1 is 1.11 bits per heavy atom. The van der Waals surface area contributed by atoms with Crippen molar-refractivity contribution in [2.24, 2.45) is 7.05 Å². The Morgan fingerprint density at radius 3 is 2.44 bits per heavy atom. The van der Waals surface area contributed by atoms with Gasteiger partial charge in [0.1, 0.15) is 11.6 Å². The van der Waals surface area contributed by atoms with Crippen molar-refractivity contribution >= 4 is 20.9 Å². The van der Waals surface area contributed by atoms with Gasteiger partial charge < -0.3 is 14.8 Å². The molecule has 0 saturated carbocycles. The third-order valence-corrected chi connectivity index (χ3v) is 9.35. The van der Waals surface area contributed by atoms with Crippen molar-refractivity contribution in [2.75, 3.05) is 19.3 Å². The number of nitrogens with zero attached hydrogens (tertiary/aromatic N) is 3. The number of aromatic nitrogens is 2. The summed E-state index contributed by atoms with van der Waals surface area (Å²) in [5.41, 5.74) is 3.11. The summed E-state index contributed by atoms with van der Waals surface area (Å²) >= 11 is 0. The fraction of sp³-hybridized carbons (Fsp3) is 0.536. The number of halogens is 1. The Kier molecular flexibility index (Phi) is 6.96. The van der Waals surface area contributed by atoms with Crippen LogP contribution < -0.4 is 5.32 Å². The van der Waals surface area contributed by atoms with E-state index in [2.05, 4.69) is 29.0 Å². The SMILES string of the molecule is CCC1CC(N2CCC(c3cc4c(cc3F)nc(-c3ccc(S(C)(=O)=O)cc3)n4C)CC2)CC(C)N1. The molecule has 0 spiro atoms. The smallest absolute Gasteiger partial charge is 0.175 e. The Morgan fingerprint density at radius 2 is 1.81 bits per heavy atom. The van der Waals surface area contributed by atoms with Gasteiger partial charge in [-0.1, -0.05) is 6.92 Å². The normalized spacial score (nSPS) is 24.4. The van der Waals surface area contributed by atoms with Crippen LogP contribution in [0.15, 0.2) is 41.3 Å². The quantitative estimate of drug-likeness (QED) is 0.528. The van der Waals surface area contributed by atoms with Crippen LogP contribution in [0.4, 0.5) is 4.39 Å². The number of hydrogen-bond donors (Lipinski definition) is 1. The van der Waals surface area contributed by atoms with Gasteiger partial charge in [0.25, 0.3) is 0 Å². The first-order valence-corrected chi connectivity index (χ1v) is 15.0. The number of fused-ring (bicyclic) bond motifs is 1. The van der Waals surface area contributed by atoms with Crippen LogP contribution >= 0.6 is 0 Å². The molecule has 6 nitrogen and oxygen atoms in total. The van der Waals surface area contributed by atoms with E-state index in [4.69, 9.17) is 0 Å². The van der Waals surface area contributed by atoms with Crippen LogP contribution in [0, 0.1) is 5.82 Å². The molecule has 8 heteroatoms. The van der Waals surface area contributed by atoms with Crippen molar-refractivity contribution in [3.63, 3.8) is 0 Å². The van der Waals surface area contributed by atoms with E-state index in [0.717, 1.165) is 49.0 Å². The number of nitrogens with one attached hydrogen (secondary N) is 1. The van der Waals surface area contributed by atoms with Gasteiger partial charge >= 0.3 is 0 Å². The maximum atomic E-state index is 15.3. The van der Waals surface area contributed by atoms with E-state index >= 15 is 4.39 Å². The minimum atomic E-state index is -3.26. The predicted molar refractivity (Wildman–Crippen MR) is 142 cm³/mol. The van der Waals surface area contributed by atoms with Crippen LogP contribution in [0.25, 0.3) is 22.4 Å². The minimum Gasteiger partial charge on any atom is -0.327 e. The van der Waals surface area contributed by atoms with Crippen LogP contribution in [0.5, 0.6) is 0 Å². The highest BCUT2D eigenvalue weighted by atomic mass is 32.2. The summed E-state index contributed by atoms with van der Waals surface area (Å²) in [6.45, 7) is 6.57. The van der Waals surface area contributed by atoms with E-state index < -0.39 is 9.84 Å². The average molecular weight is 513 g/mol.